The molecule has 4 heteroatoms. The average molecular weight is 211 g/mol. The lowest BCUT2D eigenvalue weighted by molar-refractivity contribution is -0.00000199. The lowest BCUT2D eigenvalue weighted by Crippen LogP contribution is -3.00. The second-order valence-electron chi connectivity index (χ2n) is 2.00. The summed E-state index contributed by atoms with van der Waals surface area (Å²) in [6.07, 6.45) is 3.42. The Morgan fingerprint density at radius 2 is 2.18 bits per heavy atom. The van der Waals surface area contributed by atoms with Gasteiger partial charge in [0, 0.05) is 11.6 Å². The summed E-state index contributed by atoms with van der Waals surface area (Å²) in [6, 6.07) is 0. The van der Waals surface area contributed by atoms with E-state index in [0.717, 1.165) is 16.3 Å². The number of rotatable bonds is 1. The molecular weight excluding hydrogens is 204 g/mol. The average Bonchev–Trinajstić information content (AvgIpc) is 1.95. The molecule has 0 aromatic rings. The normalized spacial score (nSPS) is 16.1. The van der Waals surface area contributed by atoms with E-state index in [0.29, 0.717) is 5.88 Å². The van der Waals surface area contributed by atoms with Crippen molar-refractivity contribution < 1.29 is 12.4 Å². The third-order valence-electron chi connectivity index (χ3n) is 1.37. The van der Waals surface area contributed by atoms with Gasteiger partial charge in [0.05, 0.1) is 10.0 Å². The number of halogens is 3. The van der Waals surface area contributed by atoms with Crippen molar-refractivity contribution >= 4 is 28.9 Å². The summed E-state index contributed by atoms with van der Waals surface area (Å²) in [5.41, 5.74) is 1.83. The van der Waals surface area contributed by atoms with Gasteiger partial charge in [0.15, 0.2) is 0 Å². The van der Waals surface area contributed by atoms with Gasteiger partial charge in [0.2, 0.25) is 6.20 Å². The van der Waals surface area contributed by atoms with Gasteiger partial charge in [-0.1, -0.05) is 11.6 Å². The zero-order chi connectivity index (χ0) is 7.56. The van der Waals surface area contributed by atoms with Gasteiger partial charge in [0.25, 0.3) is 5.71 Å². The molecular formula is C7H7Cl3N. The van der Waals surface area contributed by atoms with Gasteiger partial charge < -0.3 is 12.4 Å². The Bertz CT molecular complexity index is 228. The Kier molecular flexibility index (Phi) is 4.82. The molecule has 1 rings (SSSR count). The van der Waals surface area contributed by atoms with Gasteiger partial charge in [-0.25, -0.2) is 0 Å². The number of allylic oxidation sites excluding steroid dienone is 3. The third-order valence-corrected chi connectivity index (χ3v) is 2.03. The number of alkyl halides is 1. The molecule has 1 aliphatic heterocycles. The first-order valence-corrected chi connectivity index (χ1v) is 3.83. The van der Waals surface area contributed by atoms with Crippen LogP contribution in [-0.2, 0) is 0 Å². The molecule has 0 amide bonds. The lowest BCUT2D eigenvalue weighted by atomic mass is 10.1. The molecule has 0 aromatic carbocycles. The SMILES string of the molecule is CC1=C(Cl)C=C[N+]=C1CCl.[Cl-]. The predicted molar refractivity (Wildman–Crippen MR) is 45.6 cm³/mol. The topological polar surface area (TPSA) is 14.1 Å². The van der Waals surface area contributed by atoms with Gasteiger partial charge in [-0.15, -0.1) is 11.6 Å². The van der Waals surface area contributed by atoms with Gasteiger partial charge in [0.1, 0.15) is 5.88 Å². The molecule has 1 radical (unpaired) electrons. The smallest absolute Gasteiger partial charge is 0.272 e. The summed E-state index contributed by atoms with van der Waals surface area (Å²) >= 11 is 11.4. The first kappa shape index (κ1) is 11.0. The van der Waals surface area contributed by atoms with Crippen LogP contribution in [0, 0.1) is 0 Å². The highest BCUT2D eigenvalue weighted by Crippen LogP contribution is 2.14. The maximum absolute atomic E-state index is 5.79. The number of hydrogen-bond acceptors (Lipinski definition) is 1. The highest BCUT2D eigenvalue weighted by molar-refractivity contribution is 6.37. The summed E-state index contributed by atoms with van der Waals surface area (Å²) in [5.74, 6) is 0.423. The zero-order valence-electron chi connectivity index (χ0n) is 5.94. The van der Waals surface area contributed by atoms with Crippen LogP contribution in [0.4, 0.5) is 0 Å². The van der Waals surface area contributed by atoms with Crippen LogP contribution in [0.2, 0.25) is 0 Å². The van der Waals surface area contributed by atoms with E-state index in [-0.39, 0.29) is 12.4 Å². The van der Waals surface area contributed by atoms with E-state index in [1.165, 1.54) is 0 Å². The van der Waals surface area contributed by atoms with Crippen molar-refractivity contribution in [1.29, 1.82) is 0 Å². The molecule has 0 fully saturated rings. The Morgan fingerprint density at radius 1 is 1.55 bits per heavy atom. The highest BCUT2D eigenvalue weighted by atomic mass is 35.5. The molecule has 1 nitrogen and oxygen atoms in total. The summed E-state index contributed by atoms with van der Waals surface area (Å²) < 4.78 is 0. The van der Waals surface area contributed by atoms with Crippen molar-refractivity contribution in [2.45, 2.75) is 6.92 Å². The zero-order valence-corrected chi connectivity index (χ0v) is 8.21. The van der Waals surface area contributed by atoms with E-state index < -0.39 is 0 Å². The Hall–Kier alpha value is 0.0200. The summed E-state index contributed by atoms with van der Waals surface area (Å²) in [4.78, 5) is 4.04. The fraction of sp³-hybridized carbons (Fsp3) is 0.286. The molecule has 0 aromatic heterocycles. The van der Waals surface area contributed by atoms with Gasteiger partial charge in [-0.3, -0.25) is 0 Å². The monoisotopic (exact) mass is 210 g/mol. The third kappa shape index (κ3) is 2.51. The molecule has 0 saturated carbocycles. The van der Waals surface area contributed by atoms with E-state index in [1.807, 2.05) is 6.92 Å². The maximum atomic E-state index is 5.79. The van der Waals surface area contributed by atoms with Crippen molar-refractivity contribution in [2.24, 2.45) is 0 Å². The fourth-order valence-corrected chi connectivity index (χ4v) is 1.12. The summed E-state index contributed by atoms with van der Waals surface area (Å²) in [5, 5.41) is 0.727. The lowest BCUT2D eigenvalue weighted by Gasteiger charge is -1.96. The molecule has 61 valence electrons. The minimum Gasteiger partial charge on any atom is -1.00 e. The predicted octanol–water partition coefficient (Wildman–Crippen LogP) is -0.954. The van der Waals surface area contributed by atoms with E-state index in [9.17, 15) is 0 Å². The molecule has 0 saturated heterocycles. The maximum Gasteiger partial charge on any atom is 0.272 e. The first-order valence-electron chi connectivity index (χ1n) is 2.91. The Morgan fingerprint density at radius 3 is 2.64 bits per heavy atom. The van der Waals surface area contributed by atoms with Crippen LogP contribution in [0.5, 0.6) is 0 Å². The van der Waals surface area contributed by atoms with Gasteiger partial charge >= 0.3 is 0 Å². The second kappa shape index (κ2) is 4.81. The van der Waals surface area contributed by atoms with E-state index >= 15 is 0 Å². The second-order valence-corrected chi connectivity index (χ2v) is 2.67. The molecule has 1 aliphatic rings. The molecule has 0 bridgehead atoms. The van der Waals surface area contributed by atoms with Crippen LogP contribution >= 0.6 is 23.2 Å². The van der Waals surface area contributed by atoms with Crippen LogP contribution in [-0.4, -0.2) is 11.6 Å². The standard InChI is InChI=1S/C7H7Cl2N.ClH/c1-5-6(9)2-3-10-7(5)4-8;/h2-3H,4H2,1H3;1H/q+1;/p-1. The molecule has 0 N–H and O–H groups in total. The minimum absolute atomic E-state index is 0. The van der Waals surface area contributed by atoms with Gasteiger partial charge in [-0.2, -0.15) is 0 Å². The van der Waals surface area contributed by atoms with Crippen molar-refractivity contribution in [3.05, 3.63) is 22.9 Å². The highest BCUT2D eigenvalue weighted by Gasteiger charge is 2.17. The van der Waals surface area contributed by atoms with Crippen LogP contribution in [0.1, 0.15) is 6.92 Å². The van der Waals surface area contributed by atoms with Crippen LogP contribution < -0.4 is 17.4 Å². The molecule has 0 aliphatic carbocycles. The van der Waals surface area contributed by atoms with Crippen molar-refractivity contribution in [1.82, 2.24) is 4.99 Å². The van der Waals surface area contributed by atoms with Crippen LogP contribution in [0.3, 0.4) is 0 Å². The quantitative estimate of drug-likeness (QED) is 0.497. The van der Waals surface area contributed by atoms with Crippen molar-refractivity contribution in [3.8, 4) is 0 Å². The number of hydrogen-bond donors (Lipinski definition) is 0. The van der Waals surface area contributed by atoms with Crippen LogP contribution in [0.25, 0.3) is 0 Å². The molecule has 1 heterocycles. The Labute approximate surface area is 82.2 Å². The van der Waals surface area contributed by atoms with Crippen molar-refractivity contribution in [3.63, 3.8) is 0 Å². The first-order chi connectivity index (χ1) is 4.75. The largest absolute Gasteiger partial charge is 1.00 e. The summed E-state index contributed by atoms with van der Waals surface area (Å²) in [6.45, 7) is 1.91. The molecule has 0 atom stereocenters. The minimum atomic E-state index is 0. The molecule has 0 unspecified atom stereocenters. The molecule has 0 spiro atoms. The van der Waals surface area contributed by atoms with Crippen molar-refractivity contribution in [2.75, 3.05) is 5.88 Å². The summed E-state index contributed by atoms with van der Waals surface area (Å²) in [7, 11) is 0. The van der Waals surface area contributed by atoms with Crippen LogP contribution in [0.15, 0.2) is 22.9 Å². The number of aliphatic imine (C=N–C) groups is 1. The fourth-order valence-electron chi connectivity index (χ4n) is 0.687. The Balaban J connectivity index is 0.000001000. The van der Waals surface area contributed by atoms with Gasteiger partial charge in [-0.05, 0) is 6.92 Å². The number of nitrogens with zero attached hydrogens (tertiary/aromatic N) is 1. The molecule has 11 heavy (non-hydrogen) atoms. The van der Waals surface area contributed by atoms with E-state index in [2.05, 4.69) is 4.99 Å². The van der Waals surface area contributed by atoms with E-state index in [1.54, 1.807) is 12.3 Å². The van der Waals surface area contributed by atoms with E-state index in [4.69, 9.17) is 23.2 Å².